The molecule has 0 atom stereocenters. The third-order valence-corrected chi connectivity index (χ3v) is 2.56. The molecule has 5 N–H and O–H groups in total. The Kier molecular flexibility index (Phi) is 3.23. The molecule has 0 aliphatic rings. The molecule has 0 aliphatic heterocycles. The number of amides is 1. The van der Waals surface area contributed by atoms with E-state index in [2.05, 4.69) is 5.32 Å². The van der Waals surface area contributed by atoms with Crippen molar-refractivity contribution >= 4 is 17.3 Å². The van der Waals surface area contributed by atoms with Gasteiger partial charge in [0.2, 0.25) is 0 Å². The molecule has 0 saturated carbocycles. The number of rotatable bonds is 4. The number of hydrogen-bond donors (Lipinski definition) is 3. The van der Waals surface area contributed by atoms with Crippen LogP contribution in [0.4, 0.5) is 11.4 Å². The van der Waals surface area contributed by atoms with Gasteiger partial charge in [-0.25, -0.2) is 0 Å². The van der Waals surface area contributed by atoms with Crippen LogP contribution in [0.2, 0.25) is 0 Å². The van der Waals surface area contributed by atoms with Gasteiger partial charge in [0.1, 0.15) is 11.5 Å². The molecule has 18 heavy (non-hydrogen) atoms. The summed E-state index contributed by atoms with van der Waals surface area (Å²) in [5, 5.41) is 3.10. The quantitative estimate of drug-likeness (QED) is 0.717. The van der Waals surface area contributed by atoms with Crippen LogP contribution in [0.15, 0.2) is 34.7 Å². The van der Waals surface area contributed by atoms with Gasteiger partial charge < -0.3 is 21.2 Å². The molecule has 0 unspecified atom stereocenters. The lowest BCUT2D eigenvalue weighted by Gasteiger charge is -2.09. The van der Waals surface area contributed by atoms with Gasteiger partial charge in [0.25, 0.3) is 5.91 Å². The SMILES string of the molecule is Cc1ccc(CNc2ccc(N)cc2C(N)=O)o1. The highest BCUT2D eigenvalue weighted by atomic mass is 16.3. The molecule has 0 aliphatic carbocycles. The molecule has 94 valence electrons. The molecule has 2 rings (SSSR count). The zero-order chi connectivity index (χ0) is 13.1. The first-order valence-electron chi connectivity index (χ1n) is 5.55. The number of nitrogens with one attached hydrogen (secondary N) is 1. The second-order valence-corrected chi connectivity index (χ2v) is 4.04. The van der Waals surface area contributed by atoms with Crippen molar-refractivity contribution in [3.8, 4) is 0 Å². The summed E-state index contributed by atoms with van der Waals surface area (Å²) in [5.41, 5.74) is 12.4. The minimum atomic E-state index is -0.513. The van der Waals surface area contributed by atoms with Crippen LogP contribution in [-0.4, -0.2) is 5.91 Å². The summed E-state index contributed by atoms with van der Waals surface area (Å²) < 4.78 is 5.43. The van der Waals surface area contributed by atoms with Crippen LogP contribution in [0.3, 0.4) is 0 Å². The summed E-state index contributed by atoms with van der Waals surface area (Å²) in [6.07, 6.45) is 0. The monoisotopic (exact) mass is 245 g/mol. The Balaban J connectivity index is 2.16. The highest BCUT2D eigenvalue weighted by Crippen LogP contribution is 2.19. The maximum Gasteiger partial charge on any atom is 0.250 e. The maximum absolute atomic E-state index is 11.3. The van der Waals surface area contributed by atoms with Crippen LogP contribution < -0.4 is 16.8 Å². The minimum Gasteiger partial charge on any atom is -0.465 e. The van der Waals surface area contributed by atoms with Crippen molar-refractivity contribution in [2.75, 3.05) is 11.1 Å². The van der Waals surface area contributed by atoms with Gasteiger partial charge in [0.15, 0.2) is 0 Å². The number of hydrogen-bond acceptors (Lipinski definition) is 4. The van der Waals surface area contributed by atoms with E-state index in [0.717, 1.165) is 11.5 Å². The van der Waals surface area contributed by atoms with E-state index >= 15 is 0 Å². The van der Waals surface area contributed by atoms with E-state index in [1.807, 2.05) is 19.1 Å². The van der Waals surface area contributed by atoms with Gasteiger partial charge in [-0.2, -0.15) is 0 Å². The van der Waals surface area contributed by atoms with E-state index in [9.17, 15) is 4.79 Å². The lowest BCUT2D eigenvalue weighted by Crippen LogP contribution is -2.14. The van der Waals surface area contributed by atoms with Gasteiger partial charge in [0.05, 0.1) is 12.1 Å². The predicted octanol–water partition coefficient (Wildman–Crippen LogP) is 1.88. The maximum atomic E-state index is 11.3. The van der Waals surface area contributed by atoms with Crippen LogP contribution in [0.5, 0.6) is 0 Å². The zero-order valence-corrected chi connectivity index (χ0v) is 10.1. The molecule has 0 fully saturated rings. The Labute approximate surface area is 105 Å². The highest BCUT2D eigenvalue weighted by molar-refractivity contribution is 5.99. The minimum absolute atomic E-state index is 0.373. The predicted molar refractivity (Wildman–Crippen MR) is 70.1 cm³/mol. The summed E-state index contributed by atoms with van der Waals surface area (Å²) in [6.45, 7) is 2.36. The Morgan fingerprint density at radius 3 is 2.72 bits per heavy atom. The highest BCUT2D eigenvalue weighted by Gasteiger charge is 2.09. The fourth-order valence-electron chi connectivity index (χ4n) is 1.68. The number of carbonyl (C=O) groups is 1. The summed E-state index contributed by atoms with van der Waals surface area (Å²) in [4.78, 5) is 11.3. The van der Waals surface area contributed by atoms with Gasteiger partial charge >= 0.3 is 0 Å². The van der Waals surface area contributed by atoms with Crippen LogP contribution >= 0.6 is 0 Å². The number of anilines is 2. The summed E-state index contributed by atoms with van der Waals surface area (Å²) in [5.74, 6) is 1.12. The molecule has 0 bridgehead atoms. The van der Waals surface area contributed by atoms with E-state index in [-0.39, 0.29) is 0 Å². The molecule has 1 aromatic heterocycles. The average Bonchev–Trinajstić information content (AvgIpc) is 2.73. The second kappa shape index (κ2) is 4.83. The van der Waals surface area contributed by atoms with Gasteiger partial charge in [-0.05, 0) is 37.3 Å². The number of nitrogens with two attached hydrogens (primary N) is 2. The summed E-state index contributed by atoms with van der Waals surface area (Å²) in [7, 11) is 0. The molecule has 1 aromatic carbocycles. The van der Waals surface area contributed by atoms with Crippen molar-refractivity contribution in [1.82, 2.24) is 0 Å². The van der Waals surface area contributed by atoms with E-state index in [1.54, 1.807) is 18.2 Å². The third-order valence-electron chi connectivity index (χ3n) is 2.56. The third kappa shape index (κ3) is 2.63. The Bertz CT molecular complexity index is 575. The second-order valence-electron chi connectivity index (χ2n) is 4.04. The molecule has 2 aromatic rings. The lowest BCUT2D eigenvalue weighted by atomic mass is 10.1. The van der Waals surface area contributed by atoms with E-state index in [4.69, 9.17) is 15.9 Å². The van der Waals surface area contributed by atoms with Crippen LogP contribution in [0, 0.1) is 6.92 Å². The van der Waals surface area contributed by atoms with Crippen LogP contribution in [0.1, 0.15) is 21.9 Å². The van der Waals surface area contributed by atoms with E-state index in [0.29, 0.717) is 23.5 Å². The number of benzene rings is 1. The van der Waals surface area contributed by atoms with E-state index < -0.39 is 5.91 Å². The Morgan fingerprint density at radius 1 is 1.33 bits per heavy atom. The first-order valence-corrected chi connectivity index (χ1v) is 5.55. The van der Waals surface area contributed by atoms with Crippen molar-refractivity contribution in [3.63, 3.8) is 0 Å². The summed E-state index contributed by atoms with van der Waals surface area (Å²) >= 11 is 0. The molecular formula is C13H15N3O2. The van der Waals surface area contributed by atoms with Crippen molar-refractivity contribution in [3.05, 3.63) is 47.4 Å². The lowest BCUT2D eigenvalue weighted by molar-refractivity contribution is 0.100. The smallest absolute Gasteiger partial charge is 0.250 e. The van der Waals surface area contributed by atoms with Gasteiger partial charge in [0, 0.05) is 11.4 Å². The normalized spacial score (nSPS) is 10.3. The Morgan fingerprint density at radius 2 is 2.11 bits per heavy atom. The average molecular weight is 245 g/mol. The van der Waals surface area contributed by atoms with E-state index in [1.165, 1.54) is 0 Å². The molecule has 5 nitrogen and oxygen atoms in total. The molecule has 1 heterocycles. The van der Waals surface area contributed by atoms with Crippen LogP contribution in [0.25, 0.3) is 0 Å². The molecule has 1 amide bonds. The van der Waals surface area contributed by atoms with Crippen molar-refractivity contribution < 1.29 is 9.21 Å². The standard InChI is InChI=1S/C13H15N3O2/c1-8-2-4-10(18-8)7-16-12-5-3-9(14)6-11(12)13(15)17/h2-6,16H,7,14H2,1H3,(H2,15,17). The van der Waals surface area contributed by atoms with Crippen molar-refractivity contribution in [2.24, 2.45) is 5.73 Å². The van der Waals surface area contributed by atoms with Gasteiger partial charge in [-0.1, -0.05) is 0 Å². The number of furan rings is 1. The molecule has 0 spiro atoms. The van der Waals surface area contributed by atoms with Gasteiger partial charge in [-0.15, -0.1) is 0 Å². The molecule has 5 heteroatoms. The fourth-order valence-corrected chi connectivity index (χ4v) is 1.68. The largest absolute Gasteiger partial charge is 0.465 e. The molecule has 0 saturated heterocycles. The molecular weight excluding hydrogens is 230 g/mol. The zero-order valence-electron chi connectivity index (χ0n) is 10.1. The van der Waals surface area contributed by atoms with Crippen LogP contribution in [-0.2, 0) is 6.54 Å². The Hall–Kier alpha value is -2.43. The first kappa shape index (κ1) is 12.0. The van der Waals surface area contributed by atoms with Gasteiger partial charge in [-0.3, -0.25) is 4.79 Å². The topological polar surface area (TPSA) is 94.3 Å². The number of aryl methyl sites for hydroxylation is 1. The van der Waals surface area contributed by atoms with Crippen molar-refractivity contribution in [1.29, 1.82) is 0 Å². The first-order chi connectivity index (χ1) is 8.56. The summed E-state index contributed by atoms with van der Waals surface area (Å²) in [6, 6.07) is 8.75. The molecule has 0 radical (unpaired) electrons. The number of carbonyl (C=O) groups excluding carboxylic acids is 1. The van der Waals surface area contributed by atoms with Crippen molar-refractivity contribution in [2.45, 2.75) is 13.5 Å². The number of primary amides is 1. The number of nitrogen functional groups attached to an aromatic ring is 1. The fraction of sp³-hybridized carbons (Fsp3) is 0.154.